The second-order valence-electron chi connectivity index (χ2n) is 14.4. The second-order valence-corrected chi connectivity index (χ2v) is 14.4. The number of hydrogen-bond donors (Lipinski definition) is 1. The molecule has 2 nitrogen and oxygen atoms in total. The second kappa shape index (κ2) is 6.96. The molecule has 0 heterocycles. The van der Waals surface area contributed by atoms with Crippen LogP contribution in [0.3, 0.4) is 0 Å². The fraction of sp³-hybridized carbons (Fsp3) is 0.900. The van der Waals surface area contributed by atoms with Crippen molar-refractivity contribution in [2.45, 2.75) is 106 Å². The number of rotatable bonds is 2. The summed E-state index contributed by atoms with van der Waals surface area (Å²) in [6.07, 6.45) is 11.9. The molecule has 5 aliphatic carbocycles. The molecule has 0 bridgehead atoms. The Hall–Kier alpha value is -0.630. The van der Waals surface area contributed by atoms with E-state index in [9.17, 15) is 9.90 Å². The Labute approximate surface area is 197 Å². The Kier molecular flexibility index (Phi) is 5.03. The first-order valence-corrected chi connectivity index (χ1v) is 13.7. The monoisotopic (exact) mass is 440 g/mol. The summed E-state index contributed by atoms with van der Waals surface area (Å²) in [5.41, 5.74) is 2.27. The minimum Gasteiger partial charge on any atom is -0.396 e. The molecule has 0 aromatic carbocycles. The largest absolute Gasteiger partial charge is 0.396 e. The summed E-state index contributed by atoms with van der Waals surface area (Å²) in [5, 5.41) is 10.6. The molecule has 1 N–H and O–H groups in total. The van der Waals surface area contributed by atoms with Gasteiger partial charge in [0.25, 0.3) is 0 Å². The number of fused-ring (bicyclic) bond motifs is 7. The van der Waals surface area contributed by atoms with Crippen LogP contribution in [-0.4, -0.2) is 17.5 Å². The van der Waals surface area contributed by atoms with E-state index in [0.29, 0.717) is 52.8 Å². The van der Waals surface area contributed by atoms with Gasteiger partial charge in [0.2, 0.25) is 0 Å². The summed E-state index contributed by atoms with van der Waals surface area (Å²) >= 11 is 0. The molecule has 180 valence electrons. The third-order valence-corrected chi connectivity index (χ3v) is 13.3. The smallest absolute Gasteiger partial charge is 0.138 e. The molecule has 0 aromatic heterocycles. The maximum absolute atomic E-state index is 12.9. The minimum atomic E-state index is -0.165. The zero-order chi connectivity index (χ0) is 23.3. The van der Waals surface area contributed by atoms with Gasteiger partial charge in [0.05, 0.1) is 0 Å². The summed E-state index contributed by atoms with van der Waals surface area (Å²) in [4.78, 5) is 12.9. The minimum absolute atomic E-state index is 0.136. The normalized spacial score (nSPS) is 54.2. The lowest BCUT2D eigenvalue weighted by Gasteiger charge is -2.72. The number of allylic oxidation sites excluding steroid dienone is 1. The van der Waals surface area contributed by atoms with Crippen molar-refractivity contribution in [1.29, 1.82) is 0 Å². The van der Waals surface area contributed by atoms with Crippen LogP contribution in [0.4, 0.5) is 0 Å². The first-order chi connectivity index (χ1) is 14.9. The highest BCUT2D eigenvalue weighted by Crippen LogP contribution is 2.77. The van der Waals surface area contributed by atoms with Crippen molar-refractivity contribution in [2.75, 3.05) is 6.61 Å². The molecular formula is C30H48O2. The molecule has 4 unspecified atom stereocenters. The van der Waals surface area contributed by atoms with Crippen molar-refractivity contribution in [3.8, 4) is 0 Å². The molecule has 0 spiro atoms. The van der Waals surface area contributed by atoms with Gasteiger partial charge in [-0.2, -0.15) is 0 Å². The van der Waals surface area contributed by atoms with Gasteiger partial charge in [0.15, 0.2) is 0 Å². The number of ketones is 1. The van der Waals surface area contributed by atoms with Gasteiger partial charge >= 0.3 is 0 Å². The van der Waals surface area contributed by atoms with Crippen molar-refractivity contribution in [3.05, 3.63) is 12.2 Å². The van der Waals surface area contributed by atoms with E-state index < -0.39 is 0 Å². The van der Waals surface area contributed by atoms with E-state index in [1.165, 1.54) is 56.9 Å². The van der Waals surface area contributed by atoms with Gasteiger partial charge in [-0.25, -0.2) is 0 Å². The first-order valence-electron chi connectivity index (χ1n) is 13.7. The summed E-state index contributed by atoms with van der Waals surface area (Å²) < 4.78 is 0. The van der Waals surface area contributed by atoms with Gasteiger partial charge in [-0.1, -0.05) is 46.8 Å². The lowest BCUT2D eigenvalue weighted by atomic mass is 9.32. The summed E-state index contributed by atoms with van der Waals surface area (Å²) in [7, 11) is 0. The van der Waals surface area contributed by atoms with E-state index in [4.69, 9.17) is 0 Å². The van der Waals surface area contributed by atoms with Crippen molar-refractivity contribution < 1.29 is 9.90 Å². The van der Waals surface area contributed by atoms with E-state index in [1.807, 2.05) is 0 Å². The van der Waals surface area contributed by atoms with Crippen LogP contribution in [0.15, 0.2) is 12.2 Å². The van der Waals surface area contributed by atoms with Crippen molar-refractivity contribution in [2.24, 2.45) is 56.7 Å². The lowest BCUT2D eigenvalue weighted by Crippen LogP contribution is -2.66. The number of carbonyl (C=O) groups excluding carboxylic acids is 1. The quantitative estimate of drug-likeness (QED) is 0.461. The van der Waals surface area contributed by atoms with Crippen LogP contribution in [0.5, 0.6) is 0 Å². The van der Waals surface area contributed by atoms with Crippen LogP contribution in [0.2, 0.25) is 0 Å². The lowest BCUT2D eigenvalue weighted by molar-refractivity contribution is -0.236. The standard InChI is InChI=1S/C30H48O2/c1-19(2)20-10-15-30(18-31)17-16-28(6)21(25(20)30)8-9-23-27(5)13-12-24(32)26(3,4)22(27)11-14-29(23,28)7/h20-23,25,31H,1,8-18H2,2-7H3/t20-,21?,22?,23?,25?,27-,28-,29+,30+/m0/s1. The fourth-order valence-electron chi connectivity index (χ4n) is 11.4. The summed E-state index contributed by atoms with van der Waals surface area (Å²) in [6.45, 7) is 19.4. The SMILES string of the molecule is C=C(C)[C@@H]1CC[C@]2(CO)CC[C@@]3(C)C(CCC4[C@@]5(C)CCC(=O)C(C)(C)C5CC[C@]43C)C12. The van der Waals surface area contributed by atoms with Gasteiger partial charge < -0.3 is 5.11 Å². The molecule has 5 aliphatic rings. The van der Waals surface area contributed by atoms with Gasteiger partial charge in [0, 0.05) is 18.4 Å². The summed E-state index contributed by atoms with van der Waals surface area (Å²) in [6, 6.07) is 0. The Bertz CT molecular complexity index is 827. The van der Waals surface area contributed by atoms with Crippen LogP contribution >= 0.6 is 0 Å². The highest BCUT2D eigenvalue weighted by molar-refractivity contribution is 5.85. The molecule has 9 atom stereocenters. The average Bonchev–Trinajstić information content (AvgIpc) is 3.12. The van der Waals surface area contributed by atoms with Crippen LogP contribution in [0.25, 0.3) is 0 Å². The van der Waals surface area contributed by atoms with E-state index >= 15 is 0 Å². The van der Waals surface area contributed by atoms with Crippen LogP contribution < -0.4 is 0 Å². The van der Waals surface area contributed by atoms with E-state index in [0.717, 1.165) is 12.8 Å². The molecule has 2 heteroatoms. The predicted molar refractivity (Wildman–Crippen MR) is 131 cm³/mol. The fourth-order valence-corrected chi connectivity index (χ4v) is 11.4. The van der Waals surface area contributed by atoms with Gasteiger partial charge in [-0.3, -0.25) is 4.79 Å². The third kappa shape index (κ3) is 2.60. The number of aliphatic hydroxyl groups is 1. The van der Waals surface area contributed by atoms with Crippen LogP contribution in [0.1, 0.15) is 106 Å². The van der Waals surface area contributed by atoms with Crippen LogP contribution in [-0.2, 0) is 4.79 Å². The van der Waals surface area contributed by atoms with Gasteiger partial charge in [-0.05, 0) is 116 Å². The summed E-state index contributed by atoms with van der Waals surface area (Å²) in [5.74, 6) is 3.65. The number of hydrogen-bond acceptors (Lipinski definition) is 2. The zero-order valence-corrected chi connectivity index (χ0v) is 21.7. The highest BCUT2D eigenvalue weighted by atomic mass is 16.3. The first kappa shape index (κ1) is 23.1. The Balaban J connectivity index is 1.56. The Morgan fingerprint density at radius 2 is 1.62 bits per heavy atom. The van der Waals surface area contributed by atoms with E-state index in [1.54, 1.807) is 0 Å². The third-order valence-electron chi connectivity index (χ3n) is 13.3. The van der Waals surface area contributed by atoms with Gasteiger partial charge in [-0.15, -0.1) is 0 Å². The van der Waals surface area contributed by atoms with Crippen molar-refractivity contribution in [3.63, 3.8) is 0 Å². The Morgan fingerprint density at radius 3 is 2.28 bits per heavy atom. The number of carbonyl (C=O) groups is 1. The topological polar surface area (TPSA) is 37.3 Å². The zero-order valence-electron chi connectivity index (χ0n) is 21.7. The molecule has 5 saturated carbocycles. The molecule has 5 rings (SSSR count). The van der Waals surface area contributed by atoms with Crippen LogP contribution in [0, 0.1) is 56.7 Å². The number of Topliss-reactive ketones (excluding diaryl/α,β-unsaturated/α-hetero) is 1. The van der Waals surface area contributed by atoms with E-state index in [2.05, 4.69) is 48.1 Å². The maximum atomic E-state index is 12.9. The Morgan fingerprint density at radius 1 is 0.906 bits per heavy atom. The van der Waals surface area contributed by atoms with E-state index in [-0.39, 0.29) is 16.2 Å². The van der Waals surface area contributed by atoms with Crippen molar-refractivity contribution in [1.82, 2.24) is 0 Å². The molecule has 0 saturated heterocycles. The van der Waals surface area contributed by atoms with Crippen molar-refractivity contribution >= 4 is 5.78 Å². The molecular weight excluding hydrogens is 392 g/mol. The molecule has 5 fully saturated rings. The maximum Gasteiger partial charge on any atom is 0.138 e. The average molecular weight is 441 g/mol. The molecule has 0 aromatic rings. The molecule has 32 heavy (non-hydrogen) atoms. The molecule has 0 radical (unpaired) electrons. The highest BCUT2D eigenvalue weighted by Gasteiger charge is 2.70. The molecule has 0 amide bonds. The number of aliphatic hydroxyl groups excluding tert-OH is 1. The molecule has 0 aliphatic heterocycles. The predicted octanol–water partition coefficient (Wildman–Crippen LogP) is 7.21. The van der Waals surface area contributed by atoms with Gasteiger partial charge in [0.1, 0.15) is 5.78 Å².